The van der Waals surface area contributed by atoms with E-state index in [0.29, 0.717) is 6.54 Å². The summed E-state index contributed by atoms with van der Waals surface area (Å²) in [7, 11) is 0. The van der Waals surface area contributed by atoms with Crippen LogP contribution >= 0.6 is 0 Å². The van der Waals surface area contributed by atoms with Gasteiger partial charge in [-0.25, -0.2) is 0 Å². The Morgan fingerprint density at radius 2 is 1.50 bits per heavy atom. The van der Waals surface area contributed by atoms with Crippen molar-refractivity contribution in [1.29, 1.82) is 0 Å². The smallest absolute Gasteiger partial charge is 0.0859 e. The van der Waals surface area contributed by atoms with Crippen molar-refractivity contribution in [2.24, 2.45) is 4.99 Å². The molecule has 0 aliphatic carbocycles. The molecule has 1 heterocycles. The fourth-order valence-electron chi connectivity index (χ4n) is 2.50. The lowest BCUT2D eigenvalue weighted by Crippen LogP contribution is -2.22. The molecular formula is C16H15NO. The molecule has 0 saturated carbocycles. The molecule has 0 amide bonds. The van der Waals surface area contributed by atoms with Crippen LogP contribution in [0.15, 0.2) is 65.7 Å². The maximum Gasteiger partial charge on any atom is 0.0859 e. The van der Waals surface area contributed by atoms with Gasteiger partial charge in [-0.2, -0.15) is 0 Å². The molecule has 1 aliphatic heterocycles. The Bertz CT molecular complexity index is 548. The van der Waals surface area contributed by atoms with Gasteiger partial charge in [-0.3, -0.25) is 4.99 Å². The van der Waals surface area contributed by atoms with Gasteiger partial charge in [-0.15, -0.1) is 0 Å². The van der Waals surface area contributed by atoms with E-state index < -0.39 is 6.10 Å². The standard InChI is InChI=1S/C16H15NO/c18-14-11-17-16(13-9-5-2-6-10-13)15(14)12-7-3-1-4-8-12/h1-10,14-15,18H,11H2. The molecule has 0 fully saturated rings. The van der Waals surface area contributed by atoms with E-state index in [9.17, 15) is 5.11 Å². The van der Waals surface area contributed by atoms with Crippen LogP contribution in [-0.4, -0.2) is 23.5 Å². The third-order valence-corrected chi connectivity index (χ3v) is 3.36. The Kier molecular flexibility index (Phi) is 2.95. The molecule has 1 N–H and O–H groups in total. The minimum Gasteiger partial charge on any atom is -0.390 e. The molecule has 2 aromatic carbocycles. The van der Waals surface area contributed by atoms with Crippen LogP contribution in [0.3, 0.4) is 0 Å². The second-order valence-corrected chi connectivity index (χ2v) is 4.55. The van der Waals surface area contributed by atoms with Crippen molar-refractivity contribution in [3.05, 3.63) is 71.8 Å². The third kappa shape index (κ3) is 1.95. The van der Waals surface area contributed by atoms with Gasteiger partial charge in [0.1, 0.15) is 0 Å². The van der Waals surface area contributed by atoms with Crippen LogP contribution < -0.4 is 0 Å². The zero-order valence-corrected chi connectivity index (χ0v) is 10.0. The predicted octanol–water partition coefficient (Wildman–Crippen LogP) is 2.63. The first kappa shape index (κ1) is 11.2. The second-order valence-electron chi connectivity index (χ2n) is 4.55. The lowest BCUT2D eigenvalue weighted by molar-refractivity contribution is 0.183. The molecule has 2 atom stereocenters. The van der Waals surface area contributed by atoms with E-state index in [0.717, 1.165) is 16.8 Å². The van der Waals surface area contributed by atoms with Gasteiger partial charge in [-0.1, -0.05) is 60.7 Å². The molecule has 0 aromatic heterocycles. The average Bonchev–Trinajstić information content (AvgIpc) is 2.83. The van der Waals surface area contributed by atoms with Crippen LogP contribution in [0.1, 0.15) is 17.0 Å². The summed E-state index contributed by atoms with van der Waals surface area (Å²) in [6.45, 7) is 0.490. The molecule has 3 rings (SSSR count). The number of benzene rings is 2. The molecule has 0 saturated heterocycles. The Morgan fingerprint density at radius 3 is 2.17 bits per heavy atom. The molecule has 2 heteroatoms. The maximum atomic E-state index is 10.2. The largest absolute Gasteiger partial charge is 0.390 e. The van der Waals surface area contributed by atoms with Gasteiger partial charge < -0.3 is 5.11 Å². The summed E-state index contributed by atoms with van der Waals surface area (Å²) >= 11 is 0. The van der Waals surface area contributed by atoms with E-state index in [1.54, 1.807) is 0 Å². The van der Waals surface area contributed by atoms with E-state index in [4.69, 9.17) is 0 Å². The molecule has 2 aromatic rings. The molecule has 90 valence electrons. The average molecular weight is 237 g/mol. The van der Waals surface area contributed by atoms with E-state index in [1.807, 2.05) is 48.5 Å². The van der Waals surface area contributed by atoms with E-state index in [2.05, 4.69) is 17.1 Å². The highest BCUT2D eigenvalue weighted by Gasteiger charge is 2.31. The van der Waals surface area contributed by atoms with Crippen LogP contribution in [0.5, 0.6) is 0 Å². The molecule has 0 radical (unpaired) electrons. The number of aliphatic hydroxyl groups excluding tert-OH is 1. The van der Waals surface area contributed by atoms with Crippen LogP contribution in [0.2, 0.25) is 0 Å². The van der Waals surface area contributed by atoms with Gasteiger partial charge in [-0.05, 0) is 11.1 Å². The van der Waals surface area contributed by atoms with Gasteiger partial charge in [0.05, 0.1) is 24.3 Å². The molecule has 1 aliphatic rings. The van der Waals surface area contributed by atoms with Gasteiger partial charge in [0, 0.05) is 0 Å². The molecule has 2 unspecified atom stereocenters. The van der Waals surface area contributed by atoms with E-state index >= 15 is 0 Å². The summed E-state index contributed by atoms with van der Waals surface area (Å²) in [4.78, 5) is 4.51. The molecule has 0 spiro atoms. The Morgan fingerprint density at radius 1 is 0.889 bits per heavy atom. The lowest BCUT2D eigenvalue weighted by atomic mass is 9.88. The van der Waals surface area contributed by atoms with Gasteiger partial charge in [0.25, 0.3) is 0 Å². The third-order valence-electron chi connectivity index (χ3n) is 3.36. The monoisotopic (exact) mass is 237 g/mol. The summed E-state index contributed by atoms with van der Waals surface area (Å²) in [5.41, 5.74) is 3.22. The second kappa shape index (κ2) is 4.75. The van der Waals surface area contributed by atoms with Crippen molar-refractivity contribution >= 4 is 5.71 Å². The van der Waals surface area contributed by atoms with Crippen molar-refractivity contribution in [3.8, 4) is 0 Å². The van der Waals surface area contributed by atoms with Crippen LogP contribution in [0.4, 0.5) is 0 Å². The highest BCUT2D eigenvalue weighted by molar-refractivity contribution is 6.06. The lowest BCUT2D eigenvalue weighted by Gasteiger charge is -2.17. The van der Waals surface area contributed by atoms with E-state index in [1.165, 1.54) is 0 Å². The van der Waals surface area contributed by atoms with Crippen molar-refractivity contribution in [1.82, 2.24) is 0 Å². The van der Waals surface area contributed by atoms with E-state index in [-0.39, 0.29) is 5.92 Å². The SMILES string of the molecule is OC1CN=C(c2ccccc2)C1c1ccccc1. The molecular weight excluding hydrogens is 222 g/mol. The van der Waals surface area contributed by atoms with Crippen molar-refractivity contribution < 1.29 is 5.11 Å². The predicted molar refractivity (Wildman–Crippen MR) is 73.0 cm³/mol. The maximum absolute atomic E-state index is 10.2. The Hall–Kier alpha value is -1.93. The van der Waals surface area contributed by atoms with Gasteiger partial charge in [0.2, 0.25) is 0 Å². The van der Waals surface area contributed by atoms with Crippen LogP contribution in [0, 0.1) is 0 Å². The quantitative estimate of drug-likeness (QED) is 0.855. The van der Waals surface area contributed by atoms with Crippen LogP contribution in [-0.2, 0) is 0 Å². The zero-order valence-electron chi connectivity index (χ0n) is 10.0. The number of rotatable bonds is 2. The minimum atomic E-state index is -0.414. The van der Waals surface area contributed by atoms with Crippen LogP contribution in [0.25, 0.3) is 0 Å². The highest BCUT2D eigenvalue weighted by atomic mass is 16.3. The Labute approximate surface area is 107 Å². The molecule has 2 nitrogen and oxygen atoms in total. The fraction of sp³-hybridized carbons (Fsp3) is 0.188. The van der Waals surface area contributed by atoms with Gasteiger partial charge in [0.15, 0.2) is 0 Å². The van der Waals surface area contributed by atoms with Crippen molar-refractivity contribution in [2.45, 2.75) is 12.0 Å². The number of hydrogen-bond acceptors (Lipinski definition) is 2. The molecule has 0 bridgehead atoms. The summed E-state index contributed by atoms with van der Waals surface area (Å²) in [6.07, 6.45) is -0.414. The Balaban J connectivity index is 2.00. The number of aliphatic hydroxyl groups is 1. The van der Waals surface area contributed by atoms with Crippen molar-refractivity contribution in [2.75, 3.05) is 6.54 Å². The fourth-order valence-corrected chi connectivity index (χ4v) is 2.50. The first-order valence-electron chi connectivity index (χ1n) is 6.19. The number of hydrogen-bond donors (Lipinski definition) is 1. The summed E-state index contributed by atoms with van der Waals surface area (Å²) in [5.74, 6) is -0.00593. The highest BCUT2D eigenvalue weighted by Crippen LogP contribution is 2.29. The van der Waals surface area contributed by atoms with Gasteiger partial charge >= 0.3 is 0 Å². The van der Waals surface area contributed by atoms with Crippen molar-refractivity contribution in [3.63, 3.8) is 0 Å². The summed E-state index contributed by atoms with van der Waals surface area (Å²) in [6, 6.07) is 20.2. The zero-order chi connectivity index (χ0) is 12.4. The normalized spacial score (nSPS) is 22.8. The minimum absolute atomic E-state index is 0.00593. The summed E-state index contributed by atoms with van der Waals surface area (Å²) in [5, 5.41) is 10.2. The summed E-state index contributed by atoms with van der Waals surface area (Å²) < 4.78 is 0. The number of nitrogens with zero attached hydrogens (tertiary/aromatic N) is 1. The first-order valence-corrected chi connectivity index (χ1v) is 6.19. The first-order chi connectivity index (χ1) is 8.86. The number of aliphatic imine (C=N–C) groups is 1. The topological polar surface area (TPSA) is 32.6 Å². The molecule has 18 heavy (non-hydrogen) atoms.